The monoisotopic (exact) mass is 429 g/mol. The number of benzene rings is 2. The Kier molecular flexibility index (Phi) is 6.09. The van der Waals surface area contributed by atoms with Gasteiger partial charge in [-0.05, 0) is 57.0 Å². The SMILES string of the molecule is CCc1cc(=O)oc2c(C)c(OC(=O)[C@H](C)NS(=O)(=O)c3ccc(C)cc3)ccc12. The summed E-state index contributed by atoms with van der Waals surface area (Å²) in [5, 5.41) is 0.766. The molecule has 1 heterocycles. The third-order valence-electron chi connectivity index (χ3n) is 4.81. The van der Waals surface area contributed by atoms with Crippen molar-refractivity contribution >= 4 is 27.0 Å². The van der Waals surface area contributed by atoms with Crippen molar-refractivity contribution in [2.45, 2.75) is 45.1 Å². The van der Waals surface area contributed by atoms with Crippen LogP contribution < -0.4 is 15.1 Å². The molecule has 1 N–H and O–H groups in total. The normalized spacial score (nSPS) is 12.7. The van der Waals surface area contributed by atoms with Crippen LogP contribution in [0.15, 0.2) is 56.6 Å². The number of sulfonamides is 1. The standard InChI is InChI=1S/C22H23NO6S/c1-5-16-12-20(24)29-21-14(3)19(11-10-18(16)21)28-22(25)15(4)23-30(26,27)17-8-6-13(2)7-9-17/h6-12,15,23H,5H2,1-4H3/t15-/m0/s1. The van der Waals surface area contributed by atoms with Crippen LogP contribution in [-0.2, 0) is 21.2 Å². The summed E-state index contributed by atoms with van der Waals surface area (Å²) >= 11 is 0. The highest BCUT2D eigenvalue weighted by molar-refractivity contribution is 7.89. The number of nitrogens with one attached hydrogen (secondary N) is 1. The van der Waals surface area contributed by atoms with Crippen LogP contribution in [0.5, 0.6) is 5.75 Å². The van der Waals surface area contributed by atoms with Gasteiger partial charge in [0.05, 0.1) is 4.90 Å². The van der Waals surface area contributed by atoms with E-state index in [2.05, 4.69) is 4.72 Å². The predicted molar refractivity (Wildman–Crippen MR) is 113 cm³/mol. The highest BCUT2D eigenvalue weighted by Crippen LogP contribution is 2.29. The Morgan fingerprint density at radius 3 is 2.43 bits per heavy atom. The lowest BCUT2D eigenvalue weighted by molar-refractivity contribution is -0.135. The van der Waals surface area contributed by atoms with E-state index in [1.54, 1.807) is 31.2 Å². The van der Waals surface area contributed by atoms with Gasteiger partial charge in [-0.3, -0.25) is 0 Å². The quantitative estimate of drug-likeness (QED) is 0.367. The second-order valence-electron chi connectivity index (χ2n) is 7.09. The van der Waals surface area contributed by atoms with E-state index in [1.807, 2.05) is 13.8 Å². The maximum Gasteiger partial charge on any atom is 0.336 e. The van der Waals surface area contributed by atoms with E-state index < -0.39 is 27.7 Å². The molecule has 3 rings (SSSR count). The molecule has 0 saturated heterocycles. The van der Waals surface area contributed by atoms with Gasteiger partial charge in [0, 0.05) is 17.0 Å². The average Bonchev–Trinajstić information content (AvgIpc) is 2.69. The summed E-state index contributed by atoms with van der Waals surface area (Å²) in [6.45, 7) is 6.86. The van der Waals surface area contributed by atoms with Crippen LogP contribution >= 0.6 is 0 Å². The molecule has 1 atom stereocenters. The van der Waals surface area contributed by atoms with E-state index in [0.29, 0.717) is 17.6 Å². The Labute approximate surface area is 174 Å². The van der Waals surface area contributed by atoms with Crippen molar-refractivity contribution in [3.8, 4) is 5.75 Å². The molecule has 0 aliphatic rings. The van der Waals surface area contributed by atoms with Gasteiger partial charge in [-0.1, -0.05) is 24.6 Å². The van der Waals surface area contributed by atoms with Crippen molar-refractivity contribution in [1.29, 1.82) is 0 Å². The number of ether oxygens (including phenoxy) is 1. The topological polar surface area (TPSA) is 103 Å². The smallest absolute Gasteiger partial charge is 0.336 e. The first-order valence-corrected chi connectivity index (χ1v) is 11.0. The molecule has 0 aliphatic heterocycles. The molecule has 30 heavy (non-hydrogen) atoms. The number of carbonyl (C=O) groups is 1. The van der Waals surface area contributed by atoms with E-state index >= 15 is 0 Å². The summed E-state index contributed by atoms with van der Waals surface area (Å²) in [4.78, 5) is 24.4. The Morgan fingerprint density at radius 1 is 1.13 bits per heavy atom. The number of aryl methyl sites for hydroxylation is 3. The lowest BCUT2D eigenvalue weighted by Crippen LogP contribution is -2.40. The first-order valence-electron chi connectivity index (χ1n) is 9.49. The van der Waals surface area contributed by atoms with Crippen LogP contribution in [0.2, 0.25) is 0 Å². The fraction of sp³-hybridized carbons (Fsp3) is 0.273. The van der Waals surface area contributed by atoms with Crippen molar-refractivity contribution < 1.29 is 22.4 Å². The summed E-state index contributed by atoms with van der Waals surface area (Å²) in [7, 11) is -3.88. The van der Waals surface area contributed by atoms with Crippen LogP contribution in [-0.4, -0.2) is 20.4 Å². The summed E-state index contributed by atoms with van der Waals surface area (Å²) in [6, 6.07) is 9.93. The molecular weight excluding hydrogens is 406 g/mol. The third-order valence-corrected chi connectivity index (χ3v) is 6.36. The fourth-order valence-corrected chi connectivity index (χ4v) is 4.27. The zero-order chi connectivity index (χ0) is 22.1. The van der Waals surface area contributed by atoms with Crippen molar-refractivity contribution in [1.82, 2.24) is 4.72 Å². The van der Waals surface area contributed by atoms with Crippen LogP contribution in [0, 0.1) is 13.8 Å². The molecule has 0 radical (unpaired) electrons. The highest BCUT2D eigenvalue weighted by atomic mass is 32.2. The lowest BCUT2D eigenvalue weighted by Gasteiger charge is -2.15. The van der Waals surface area contributed by atoms with Gasteiger partial charge in [-0.2, -0.15) is 4.72 Å². The van der Waals surface area contributed by atoms with Crippen LogP contribution in [0.1, 0.15) is 30.5 Å². The molecule has 0 amide bonds. The molecule has 2 aromatic carbocycles. The van der Waals surface area contributed by atoms with Crippen molar-refractivity contribution in [3.63, 3.8) is 0 Å². The van der Waals surface area contributed by atoms with Gasteiger partial charge >= 0.3 is 11.6 Å². The number of hydrogen-bond donors (Lipinski definition) is 1. The molecule has 0 bridgehead atoms. The minimum Gasteiger partial charge on any atom is -0.425 e. The van der Waals surface area contributed by atoms with Crippen LogP contribution in [0.4, 0.5) is 0 Å². The molecule has 8 heteroatoms. The van der Waals surface area contributed by atoms with Crippen molar-refractivity contribution in [3.05, 3.63) is 69.6 Å². The number of fused-ring (bicyclic) bond motifs is 1. The van der Waals surface area contributed by atoms with Gasteiger partial charge in [0.1, 0.15) is 17.4 Å². The number of esters is 1. The highest BCUT2D eigenvalue weighted by Gasteiger charge is 2.24. The predicted octanol–water partition coefficient (Wildman–Crippen LogP) is 3.24. The second kappa shape index (κ2) is 8.41. The minimum absolute atomic E-state index is 0.0588. The molecule has 0 spiro atoms. The molecule has 0 saturated carbocycles. The van der Waals surface area contributed by atoms with E-state index in [4.69, 9.17) is 9.15 Å². The number of carbonyl (C=O) groups excluding carboxylic acids is 1. The third kappa shape index (κ3) is 4.44. The second-order valence-corrected chi connectivity index (χ2v) is 8.80. The molecule has 0 fully saturated rings. The average molecular weight is 429 g/mol. The summed E-state index contributed by atoms with van der Waals surface area (Å²) in [5.74, 6) is -0.576. The van der Waals surface area contributed by atoms with Gasteiger partial charge in [0.25, 0.3) is 0 Å². The number of hydrogen-bond acceptors (Lipinski definition) is 6. The first-order chi connectivity index (χ1) is 14.1. The van der Waals surface area contributed by atoms with Crippen molar-refractivity contribution in [2.24, 2.45) is 0 Å². The Hall–Kier alpha value is -2.97. The van der Waals surface area contributed by atoms with Crippen LogP contribution in [0.25, 0.3) is 11.0 Å². The molecule has 0 unspecified atom stereocenters. The molecule has 3 aromatic rings. The van der Waals surface area contributed by atoms with Crippen LogP contribution in [0.3, 0.4) is 0 Å². The molecule has 1 aromatic heterocycles. The molecule has 7 nitrogen and oxygen atoms in total. The first kappa shape index (κ1) is 21.7. The van der Waals surface area contributed by atoms with E-state index in [-0.39, 0.29) is 10.6 Å². The summed E-state index contributed by atoms with van der Waals surface area (Å²) in [5.41, 5.74) is 2.11. The Balaban J connectivity index is 1.83. The Morgan fingerprint density at radius 2 is 1.80 bits per heavy atom. The number of rotatable bonds is 6. The van der Waals surface area contributed by atoms with Gasteiger partial charge in [-0.15, -0.1) is 0 Å². The minimum atomic E-state index is -3.88. The van der Waals surface area contributed by atoms with E-state index in [1.165, 1.54) is 25.1 Å². The zero-order valence-electron chi connectivity index (χ0n) is 17.2. The van der Waals surface area contributed by atoms with Gasteiger partial charge in [0.15, 0.2) is 0 Å². The maximum atomic E-state index is 12.5. The van der Waals surface area contributed by atoms with E-state index in [9.17, 15) is 18.0 Å². The molecule has 158 valence electrons. The lowest BCUT2D eigenvalue weighted by atomic mass is 10.0. The van der Waals surface area contributed by atoms with Crippen molar-refractivity contribution in [2.75, 3.05) is 0 Å². The van der Waals surface area contributed by atoms with Gasteiger partial charge in [-0.25, -0.2) is 18.0 Å². The van der Waals surface area contributed by atoms with Gasteiger partial charge < -0.3 is 9.15 Å². The van der Waals surface area contributed by atoms with Gasteiger partial charge in [0.2, 0.25) is 10.0 Å². The Bertz CT molecular complexity index is 1260. The molecular formula is C22H23NO6S. The maximum absolute atomic E-state index is 12.5. The summed E-state index contributed by atoms with van der Waals surface area (Å²) in [6.07, 6.45) is 0.651. The zero-order valence-corrected chi connectivity index (χ0v) is 18.0. The molecule has 0 aliphatic carbocycles. The largest absolute Gasteiger partial charge is 0.425 e. The van der Waals surface area contributed by atoms with E-state index in [0.717, 1.165) is 16.5 Å². The fourth-order valence-electron chi connectivity index (χ4n) is 3.07. The summed E-state index contributed by atoms with van der Waals surface area (Å²) < 4.78 is 38.0.